The van der Waals surface area contributed by atoms with Crippen molar-refractivity contribution in [2.75, 3.05) is 7.11 Å². The summed E-state index contributed by atoms with van der Waals surface area (Å²) < 4.78 is 4.14. The molecule has 0 saturated carbocycles. The number of hydrogen-bond acceptors (Lipinski definition) is 4. The molecule has 18 heavy (non-hydrogen) atoms. The molecule has 0 radical (unpaired) electrons. The number of rotatable bonds is 3. The Bertz CT molecular complexity index is 413. The summed E-state index contributed by atoms with van der Waals surface area (Å²) in [5, 5.41) is 16.9. The molecule has 0 aromatic heterocycles. The van der Waals surface area contributed by atoms with E-state index in [9.17, 15) is 14.4 Å². The molecule has 0 heterocycles. The maximum atomic E-state index is 10.3. The predicted molar refractivity (Wildman–Crippen MR) is 62.6 cm³/mol. The van der Waals surface area contributed by atoms with Gasteiger partial charge in [-0.3, -0.25) is 0 Å². The summed E-state index contributed by atoms with van der Waals surface area (Å²) in [6, 6.07) is 5.02. The highest BCUT2D eigenvalue weighted by Crippen LogP contribution is 2.03. The molecule has 0 saturated heterocycles. The first-order chi connectivity index (χ1) is 8.42. The Morgan fingerprint density at radius 2 is 1.39 bits per heavy atom. The molecule has 1 aromatic rings. The van der Waals surface area contributed by atoms with E-state index in [2.05, 4.69) is 11.3 Å². The largest absolute Gasteiger partial charge is 0.478 e. The molecule has 0 unspecified atom stereocenters. The summed E-state index contributed by atoms with van der Waals surface area (Å²) in [6.07, 6.45) is 1.11. The molecule has 0 aliphatic heterocycles. The van der Waals surface area contributed by atoms with E-state index in [-0.39, 0.29) is 11.1 Å². The molecule has 0 spiro atoms. The van der Waals surface area contributed by atoms with Gasteiger partial charge >= 0.3 is 17.9 Å². The number of carbonyl (C=O) groups is 3. The Kier molecular flexibility index (Phi) is 6.50. The van der Waals surface area contributed by atoms with Gasteiger partial charge in [-0.2, -0.15) is 0 Å². The van der Waals surface area contributed by atoms with Crippen LogP contribution in [0.2, 0.25) is 0 Å². The van der Waals surface area contributed by atoms with Gasteiger partial charge in [0.05, 0.1) is 18.2 Å². The van der Waals surface area contributed by atoms with Crippen LogP contribution in [-0.4, -0.2) is 35.2 Å². The number of carbonyl (C=O) groups excluding carboxylic acids is 1. The van der Waals surface area contributed by atoms with Crippen molar-refractivity contribution < 1.29 is 29.3 Å². The van der Waals surface area contributed by atoms with Gasteiger partial charge in [-0.05, 0) is 24.3 Å². The molecule has 1 aromatic carbocycles. The second-order valence-electron chi connectivity index (χ2n) is 2.91. The minimum Gasteiger partial charge on any atom is -0.478 e. The monoisotopic (exact) mass is 252 g/mol. The number of carboxylic acid groups (broad SMARTS) is 2. The zero-order valence-corrected chi connectivity index (χ0v) is 9.62. The molecule has 0 fully saturated rings. The Morgan fingerprint density at radius 3 is 1.50 bits per heavy atom. The molecule has 0 atom stereocenters. The van der Waals surface area contributed by atoms with Gasteiger partial charge in [0.15, 0.2) is 0 Å². The first-order valence-corrected chi connectivity index (χ1v) is 4.69. The van der Waals surface area contributed by atoms with E-state index in [1.165, 1.54) is 31.4 Å². The van der Waals surface area contributed by atoms with Crippen molar-refractivity contribution in [3.63, 3.8) is 0 Å². The van der Waals surface area contributed by atoms with Crippen LogP contribution in [-0.2, 0) is 9.53 Å². The van der Waals surface area contributed by atoms with Crippen LogP contribution in [0.5, 0.6) is 0 Å². The number of benzene rings is 1. The Labute approximate surface area is 103 Å². The third kappa shape index (κ3) is 5.45. The van der Waals surface area contributed by atoms with Gasteiger partial charge in [-0.1, -0.05) is 6.58 Å². The SMILES string of the molecule is C=CC(=O)OC.O=C(O)c1ccc(C(=O)O)cc1. The van der Waals surface area contributed by atoms with Crippen LogP contribution in [0.3, 0.4) is 0 Å². The molecular formula is C12H12O6. The van der Waals surface area contributed by atoms with Crippen molar-refractivity contribution in [1.82, 2.24) is 0 Å². The maximum Gasteiger partial charge on any atom is 0.335 e. The highest BCUT2D eigenvalue weighted by atomic mass is 16.5. The highest BCUT2D eigenvalue weighted by Gasteiger charge is 2.04. The second-order valence-corrected chi connectivity index (χ2v) is 2.91. The first kappa shape index (κ1) is 15.4. The average molecular weight is 252 g/mol. The van der Waals surface area contributed by atoms with Crippen LogP contribution in [0.1, 0.15) is 20.7 Å². The van der Waals surface area contributed by atoms with Crippen molar-refractivity contribution in [3.8, 4) is 0 Å². The molecule has 0 amide bonds. The van der Waals surface area contributed by atoms with Crippen molar-refractivity contribution in [3.05, 3.63) is 48.0 Å². The molecule has 96 valence electrons. The quantitative estimate of drug-likeness (QED) is 0.623. The van der Waals surface area contributed by atoms with E-state index in [1.807, 2.05) is 0 Å². The minimum absolute atomic E-state index is 0.0833. The van der Waals surface area contributed by atoms with Gasteiger partial charge < -0.3 is 14.9 Å². The van der Waals surface area contributed by atoms with E-state index in [0.717, 1.165) is 6.08 Å². The van der Waals surface area contributed by atoms with Gasteiger partial charge in [0.25, 0.3) is 0 Å². The molecule has 0 bridgehead atoms. The fourth-order valence-corrected chi connectivity index (χ4v) is 0.839. The number of carboxylic acids is 2. The van der Waals surface area contributed by atoms with E-state index in [0.29, 0.717) is 0 Å². The fourth-order valence-electron chi connectivity index (χ4n) is 0.839. The predicted octanol–water partition coefficient (Wildman–Crippen LogP) is 1.43. The Hall–Kier alpha value is -2.63. The number of methoxy groups -OCH3 is 1. The summed E-state index contributed by atoms with van der Waals surface area (Å²) in [7, 11) is 1.31. The standard InChI is InChI=1S/C8H6O4.C4H6O2/c9-7(10)5-1-2-6(4-3-5)8(11)12;1-3-4(5)6-2/h1-4H,(H,9,10)(H,11,12);3H,1H2,2H3. The van der Waals surface area contributed by atoms with Crippen LogP contribution in [0.4, 0.5) is 0 Å². The second kappa shape index (κ2) is 7.61. The summed E-state index contributed by atoms with van der Waals surface area (Å²) in [4.78, 5) is 30.5. The van der Waals surface area contributed by atoms with Crippen LogP contribution >= 0.6 is 0 Å². The summed E-state index contributed by atoms with van der Waals surface area (Å²) in [5.74, 6) is -2.52. The van der Waals surface area contributed by atoms with Crippen molar-refractivity contribution in [2.45, 2.75) is 0 Å². The van der Waals surface area contributed by atoms with Crippen molar-refractivity contribution in [2.24, 2.45) is 0 Å². The van der Waals surface area contributed by atoms with Crippen molar-refractivity contribution >= 4 is 17.9 Å². The summed E-state index contributed by atoms with van der Waals surface area (Å²) in [5.41, 5.74) is 0.167. The molecule has 0 aliphatic carbocycles. The summed E-state index contributed by atoms with van der Waals surface area (Å²) >= 11 is 0. The molecular weight excluding hydrogens is 240 g/mol. The van der Waals surface area contributed by atoms with Gasteiger partial charge in [0.2, 0.25) is 0 Å². The van der Waals surface area contributed by atoms with E-state index in [1.54, 1.807) is 0 Å². The first-order valence-electron chi connectivity index (χ1n) is 4.69. The molecule has 6 nitrogen and oxygen atoms in total. The lowest BCUT2D eigenvalue weighted by Gasteiger charge is -1.94. The lowest BCUT2D eigenvalue weighted by Crippen LogP contribution is -1.99. The van der Waals surface area contributed by atoms with Crippen LogP contribution in [0.25, 0.3) is 0 Å². The van der Waals surface area contributed by atoms with E-state index in [4.69, 9.17) is 10.2 Å². The van der Waals surface area contributed by atoms with E-state index >= 15 is 0 Å². The van der Waals surface area contributed by atoms with Gasteiger partial charge in [0.1, 0.15) is 0 Å². The van der Waals surface area contributed by atoms with Crippen LogP contribution < -0.4 is 0 Å². The third-order valence-electron chi connectivity index (χ3n) is 1.75. The number of aromatic carboxylic acids is 2. The minimum atomic E-state index is -1.06. The Morgan fingerprint density at radius 1 is 1.06 bits per heavy atom. The zero-order valence-electron chi connectivity index (χ0n) is 9.62. The maximum absolute atomic E-state index is 10.3. The van der Waals surface area contributed by atoms with Gasteiger partial charge in [-0.25, -0.2) is 14.4 Å². The topological polar surface area (TPSA) is 101 Å². The Balaban J connectivity index is 0.000000411. The number of ether oxygens (including phenoxy) is 1. The lowest BCUT2D eigenvalue weighted by atomic mass is 10.1. The molecule has 2 N–H and O–H groups in total. The smallest absolute Gasteiger partial charge is 0.335 e. The normalized spacial score (nSPS) is 8.50. The van der Waals surface area contributed by atoms with Crippen molar-refractivity contribution in [1.29, 1.82) is 0 Å². The fraction of sp³-hybridized carbons (Fsp3) is 0.0833. The zero-order chi connectivity index (χ0) is 14.1. The number of hydrogen-bond donors (Lipinski definition) is 2. The number of esters is 1. The lowest BCUT2D eigenvalue weighted by molar-refractivity contribution is -0.134. The van der Waals surface area contributed by atoms with Gasteiger partial charge in [-0.15, -0.1) is 0 Å². The third-order valence-corrected chi connectivity index (χ3v) is 1.75. The van der Waals surface area contributed by atoms with Crippen LogP contribution in [0, 0.1) is 0 Å². The molecule has 0 aliphatic rings. The van der Waals surface area contributed by atoms with Gasteiger partial charge in [0, 0.05) is 6.08 Å². The average Bonchev–Trinajstić information content (AvgIpc) is 2.38. The summed E-state index contributed by atoms with van der Waals surface area (Å²) in [6.45, 7) is 3.16. The van der Waals surface area contributed by atoms with Crippen LogP contribution in [0.15, 0.2) is 36.9 Å². The highest BCUT2D eigenvalue weighted by molar-refractivity contribution is 5.91. The van der Waals surface area contributed by atoms with E-state index < -0.39 is 17.9 Å². The molecule has 1 rings (SSSR count). The molecule has 6 heteroatoms.